The predicted molar refractivity (Wildman–Crippen MR) is 85.0 cm³/mol. The van der Waals surface area contributed by atoms with E-state index in [9.17, 15) is 0 Å². The van der Waals surface area contributed by atoms with Crippen LogP contribution in [-0.4, -0.2) is 45.8 Å². The zero-order valence-electron chi connectivity index (χ0n) is 10.6. The van der Waals surface area contributed by atoms with Crippen LogP contribution in [0, 0.1) is 0 Å². The van der Waals surface area contributed by atoms with E-state index >= 15 is 0 Å². The maximum Gasteiger partial charge on any atom is 0.153 e. The number of carbonyl (C=O) groups is 2. The van der Waals surface area contributed by atoms with Gasteiger partial charge in [-0.15, -0.1) is 0 Å². The molecule has 4 nitrogen and oxygen atoms in total. The first-order valence-electron chi connectivity index (χ1n) is 5.33. The van der Waals surface area contributed by atoms with E-state index < -0.39 is 0 Å². The van der Waals surface area contributed by atoms with E-state index in [1.165, 1.54) is 10.0 Å². The quantitative estimate of drug-likeness (QED) is 0.458. The van der Waals surface area contributed by atoms with Gasteiger partial charge in [0.15, 0.2) is 12.6 Å². The Morgan fingerprint density at radius 1 is 1.37 bits per heavy atom. The molecule has 0 saturated carbocycles. The molecule has 1 atom stereocenters. The molecule has 1 aromatic heterocycles. The Kier molecular flexibility index (Phi) is 17.2. The van der Waals surface area contributed by atoms with Gasteiger partial charge in [-0.05, 0) is 0 Å². The average molecular weight is 405 g/mol. The molecule has 3 radical (unpaired) electrons. The van der Waals surface area contributed by atoms with Crippen molar-refractivity contribution in [3.8, 4) is 0 Å². The standard InChI is InChI=1S/C8H12NO.2C2H2OS.Sn/c1-3-7-4-5-10-8(7)6(2)9;2*3-1-2-4;/h4-6H,1,3,9H2,2H3;2*1-2H;. The summed E-state index contributed by atoms with van der Waals surface area (Å²) in [4.78, 5) is 18.0. The van der Waals surface area contributed by atoms with Crippen LogP contribution in [-0.2, 0) is 16.0 Å². The van der Waals surface area contributed by atoms with Gasteiger partial charge in [-0.2, -0.15) is 0 Å². The SMILES string of the molecule is CC(N)c1occc1C[CH2][Sn].O=CC=S.O=CC=S. The van der Waals surface area contributed by atoms with Crippen LogP contribution in [0.5, 0.6) is 0 Å². The number of furan rings is 1. The van der Waals surface area contributed by atoms with Crippen LogP contribution in [0.25, 0.3) is 0 Å². The first-order chi connectivity index (χ1) is 9.08. The first-order valence-corrected chi connectivity index (χ1v) is 8.29. The van der Waals surface area contributed by atoms with Crippen LogP contribution >= 0.6 is 24.4 Å². The fourth-order valence-corrected chi connectivity index (χ4v) is 1.86. The molecule has 0 amide bonds. The van der Waals surface area contributed by atoms with Gasteiger partial charge in [0.05, 0.1) is 0 Å². The molecule has 103 valence electrons. The van der Waals surface area contributed by atoms with Gasteiger partial charge in [-0.1, -0.05) is 24.4 Å². The van der Waals surface area contributed by atoms with Gasteiger partial charge < -0.3 is 0 Å². The second kappa shape index (κ2) is 15.6. The second-order valence-electron chi connectivity index (χ2n) is 3.14. The Morgan fingerprint density at radius 2 is 1.84 bits per heavy atom. The van der Waals surface area contributed by atoms with E-state index in [2.05, 4.69) is 24.4 Å². The van der Waals surface area contributed by atoms with Crippen molar-refractivity contribution in [1.29, 1.82) is 0 Å². The molecule has 0 spiro atoms. The third kappa shape index (κ3) is 12.3. The normalized spacial score (nSPS) is 9.84. The summed E-state index contributed by atoms with van der Waals surface area (Å²) in [6, 6.07) is 2.05. The van der Waals surface area contributed by atoms with Crippen LogP contribution < -0.4 is 5.73 Å². The van der Waals surface area contributed by atoms with Crippen molar-refractivity contribution in [3.63, 3.8) is 0 Å². The van der Waals surface area contributed by atoms with Crippen LogP contribution in [0.1, 0.15) is 24.3 Å². The van der Waals surface area contributed by atoms with Gasteiger partial charge in [0.2, 0.25) is 0 Å². The van der Waals surface area contributed by atoms with Gasteiger partial charge in [-0.25, -0.2) is 0 Å². The Balaban J connectivity index is 0. The number of rotatable bonds is 5. The third-order valence-corrected chi connectivity index (χ3v) is 2.64. The molecular formula is C12H16NO3S2Sn. The van der Waals surface area contributed by atoms with Crippen molar-refractivity contribution >= 4 is 70.3 Å². The number of nitrogens with two attached hydrogens (primary N) is 1. The van der Waals surface area contributed by atoms with Gasteiger partial charge in [-0.3, -0.25) is 9.59 Å². The predicted octanol–water partition coefficient (Wildman–Crippen LogP) is 1.80. The fourth-order valence-electron chi connectivity index (χ4n) is 1.09. The molecule has 0 bridgehead atoms. The van der Waals surface area contributed by atoms with Crippen molar-refractivity contribution in [2.45, 2.75) is 23.8 Å². The summed E-state index contributed by atoms with van der Waals surface area (Å²) in [5.41, 5.74) is 6.98. The smallest absolute Gasteiger partial charge is 0.153 e. The minimum atomic E-state index is 0.0300. The van der Waals surface area contributed by atoms with Gasteiger partial charge in [0, 0.05) is 10.7 Å². The van der Waals surface area contributed by atoms with Crippen molar-refractivity contribution in [3.05, 3.63) is 23.7 Å². The molecule has 1 aromatic rings. The zero-order chi connectivity index (χ0) is 15.1. The van der Waals surface area contributed by atoms with E-state index in [0.717, 1.165) is 22.9 Å². The minimum absolute atomic E-state index is 0.0300. The molecule has 1 unspecified atom stereocenters. The number of aldehydes is 2. The number of hydrogen-bond acceptors (Lipinski definition) is 6. The maximum absolute atomic E-state index is 9.01. The first kappa shape index (κ1) is 20.9. The van der Waals surface area contributed by atoms with E-state index in [-0.39, 0.29) is 6.04 Å². The summed E-state index contributed by atoms with van der Waals surface area (Å²) in [5, 5.41) is 2.06. The third-order valence-electron chi connectivity index (χ3n) is 1.70. The van der Waals surface area contributed by atoms with Crippen molar-refractivity contribution in [2.24, 2.45) is 5.73 Å². The summed E-state index contributed by atoms with van der Waals surface area (Å²) in [6.07, 6.45) is 3.95. The molecule has 19 heavy (non-hydrogen) atoms. The van der Waals surface area contributed by atoms with Gasteiger partial charge in [0.25, 0.3) is 0 Å². The number of thiocarbonyl (C=S) groups is 2. The summed E-state index contributed by atoms with van der Waals surface area (Å²) >= 11 is 9.69. The Bertz CT molecular complexity index is 357. The second-order valence-corrected chi connectivity index (χ2v) is 5.11. The topological polar surface area (TPSA) is 73.3 Å². The van der Waals surface area contributed by atoms with Gasteiger partial charge >= 0.3 is 80.2 Å². The molecule has 0 aliphatic carbocycles. The van der Waals surface area contributed by atoms with Crippen LogP contribution in [0.4, 0.5) is 0 Å². The maximum atomic E-state index is 9.01. The molecule has 0 aliphatic heterocycles. The Morgan fingerprint density at radius 3 is 2.16 bits per heavy atom. The average Bonchev–Trinajstić information content (AvgIpc) is 2.88. The molecular weight excluding hydrogens is 389 g/mol. The molecule has 0 saturated heterocycles. The number of aryl methyl sites for hydroxylation is 1. The monoisotopic (exact) mass is 406 g/mol. The summed E-state index contributed by atoms with van der Waals surface area (Å²) in [7, 11) is 0. The van der Waals surface area contributed by atoms with E-state index in [4.69, 9.17) is 19.7 Å². The minimum Gasteiger partial charge on any atom is -0.298 e. The number of hydrogen-bond donors (Lipinski definition) is 1. The van der Waals surface area contributed by atoms with E-state index in [1.807, 2.05) is 13.0 Å². The van der Waals surface area contributed by atoms with E-state index in [1.54, 1.807) is 28.8 Å². The van der Waals surface area contributed by atoms with Crippen LogP contribution in [0.15, 0.2) is 16.7 Å². The molecule has 0 aromatic carbocycles. The van der Waals surface area contributed by atoms with Crippen molar-refractivity contribution in [2.75, 3.05) is 0 Å². The van der Waals surface area contributed by atoms with Crippen LogP contribution in [0.3, 0.4) is 0 Å². The Labute approximate surface area is 137 Å². The molecule has 2 N–H and O–H groups in total. The summed E-state index contributed by atoms with van der Waals surface area (Å²) in [5.74, 6) is 0.951. The van der Waals surface area contributed by atoms with Gasteiger partial charge in [0.1, 0.15) is 0 Å². The zero-order valence-corrected chi connectivity index (χ0v) is 15.1. The van der Waals surface area contributed by atoms with Crippen molar-refractivity contribution < 1.29 is 14.0 Å². The molecule has 1 heterocycles. The summed E-state index contributed by atoms with van der Waals surface area (Å²) in [6.45, 7) is 1.95. The largest absolute Gasteiger partial charge is 0.298 e. The van der Waals surface area contributed by atoms with Crippen molar-refractivity contribution in [1.82, 2.24) is 0 Å². The molecule has 0 fully saturated rings. The van der Waals surface area contributed by atoms with E-state index in [0.29, 0.717) is 12.6 Å². The molecule has 1 rings (SSSR count). The van der Waals surface area contributed by atoms with Crippen LogP contribution in [0.2, 0.25) is 4.44 Å². The summed E-state index contributed by atoms with van der Waals surface area (Å²) < 4.78 is 6.49. The molecule has 0 aliphatic rings. The number of carbonyl (C=O) groups excluding carboxylic acids is 2. The Hall–Kier alpha value is -0.441. The molecule has 7 heteroatoms. The fraction of sp³-hybridized carbons (Fsp3) is 0.333.